The maximum Gasteiger partial charge on any atom is 0.0412 e. The van der Waals surface area contributed by atoms with Gasteiger partial charge in [-0.3, -0.25) is 0 Å². The van der Waals surface area contributed by atoms with Crippen molar-refractivity contribution in [3.8, 4) is 0 Å². The van der Waals surface area contributed by atoms with E-state index < -0.39 is 0 Å². The number of hydrogen-bond acceptors (Lipinski definition) is 2. The van der Waals surface area contributed by atoms with Crippen LogP contribution in [0.15, 0.2) is 18.2 Å². The lowest BCUT2D eigenvalue weighted by atomic mass is 10.0. The van der Waals surface area contributed by atoms with E-state index in [9.17, 15) is 0 Å². The van der Waals surface area contributed by atoms with Crippen molar-refractivity contribution >= 4 is 5.69 Å². The third kappa shape index (κ3) is 4.52. The summed E-state index contributed by atoms with van der Waals surface area (Å²) in [6.07, 6.45) is 6.88. The largest absolute Gasteiger partial charge is 0.371 e. The maximum absolute atomic E-state index is 3.57. The van der Waals surface area contributed by atoms with E-state index in [1.807, 2.05) is 0 Å². The number of hydrogen-bond donors (Lipinski definition) is 1. The van der Waals surface area contributed by atoms with Crippen LogP contribution in [0, 0.1) is 6.92 Å². The fourth-order valence-corrected chi connectivity index (χ4v) is 2.97. The van der Waals surface area contributed by atoms with Crippen LogP contribution >= 0.6 is 0 Å². The molecule has 2 rings (SSSR count). The van der Waals surface area contributed by atoms with E-state index in [-0.39, 0.29) is 0 Å². The van der Waals surface area contributed by atoms with E-state index in [1.165, 1.54) is 62.0 Å². The van der Waals surface area contributed by atoms with Crippen molar-refractivity contribution in [3.05, 3.63) is 29.3 Å². The first-order chi connectivity index (χ1) is 9.66. The van der Waals surface area contributed by atoms with Crippen LogP contribution in [-0.2, 0) is 6.54 Å². The highest BCUT2D eigenvalue weighted by atomic mass is 15.1. The quantitative estimate of drug-likeness (QED) is 0.882. The van der Waals surface area contributed by atoms with E-state index in [4.69, 9.17) is 0 Å². The first-order valence-corrected chi connectivity index (χ1v) is 8.24. The number of aryl methyl sites for hydroxylation is 1. The predicted molar refractivity (Wildman–Crippen MR) is 88.5 cm³/mol. The molecule has 112 valence electrons. The third-order valence-corrected chi connectivity index (χ3v) is 4.13. The Morgan fingerprint density at radius 3 is 2.35 bits per heavy atom. The molecule has 0 amide bonds. The fourth-order valence-electron chi connectivity index (χ4n) is 2.97. The van der Waals surface area contributed by atoms with Crippen LogP contribution in [0.1, 0.15) is 57.1 Å². The summed E-state index contributed by atoms with van der Waals surface area (Å²) in [5.41, 5.74) is 4.27. The lowest BCUT2D eigenvalue weighted by Crippen LogP contribution is -2.29. The lowest BCUT2D eigenvalue weighted by Gasteiger charge is -2.29. The highest BCUT2D eigenvalue weighted by Gasteiger charge is 2.13. The monoisotopic (exact) mass is 274 g/mol. The van der Waals surface area contributed by atoms with E-state index in [2.05, 4.69) is 49.2 Å². The van der Waals surface area contributed by atoms with Gasteiger partial charge < -0.3 is 10.2 Å². The van der Waals surface area contributed by atoms with Crippen molar-refractivity contribution in [1.29, 1.82) is 0 Å². The molecule has 1 aromatic rings. The molecule has 1 fully saturated rings. The zero-order valence-corrected chi connectivity index (χ0v) is 13.4. The van der Waals surface area contributed by atoms with E-state index in [0.29, 0.717) is 6.04 Å². The van der Waals surface area contributed by atoms with Gasteiger partial charge in [0.2, 0.25) is 0 Å². The summed E-state index contributed by atoms with van der Waals surface area (Å²) in [5.74, 6) is 0. The molecule has 0 spiro atoms. The molecule has 1 heterocycles. The zero-order chi connectivity index (χ0) is 14.4. The molecule has 0 aromatic heterocycles. The first kappa shape index (κ1) is 15.4. The number of benzene rings is 1. The van der Waals surface area contributed by atoms with Crippen molar-refractivity contribution in [1.82, 2.24) is 5.32 Å². The molecular formula is C18H30N2. The van der Waals surface area contributed by atoms with Gasteiger partial charge in [-0.05, 0) is 31.4 Å². The molecule has 1 N–H and O–H groups in total. The molecule has 0 aliphatic carbocycles. The second-order valence-electron chi connectivity index (χ2n) is 6.42. The number of nitrogens with one attached hydrogen (secondary N) is 1. The Kier molecular flexibility index (Phi) is 5.90. The van der Waals surface area contributed by atoms with E-state index in [0.717, 1.165) is 6.54 Å². The average Bonchev–Trinajstić information content (AvgIpc) is 2.37. The first-order valence-electron chi connectivity index (χ1n) is 8.24. The molecule has 20 heavy (non-hydrogen) atoms. The maximum atomic E-state index is 3.57. The average molecular weight is 274 g/mol. The van der Waals surface area contributed by atoms with Gasteiger partial charge in [-0.15, -0.1) is 0 Å². The minimum atomic E-state index is 0.538. The standard InChI is InChI=1S/C18H30N2/c1-15(2)19-14-17-13-16(3)9-10-18(17)20-11-7-5-4-6-8-12-20/h9-10,13,15,19H,4-8,11-12,14H2,1-3H3. The van der Waals surface area contributed by atoms with Crippen LogP contribution < -0.4 is 10.2 Å². The lowest BCUT2D eigenvalue weighted by molar-refractivity contribution is 0.551. The Hall–Kier alpha value is -1.02. The van der Waals surface area contributed by atoms with Crippen molar-refractivity contribution in [3.63, 3.8) is 0 Å². The minimum absolute atomic E-state index is 0.538. The predicted octanol–water partition coefficient (Wildman–Crippen LogP) is 4.26. The number of anilines is 1. The highest BCUT2D eigenvalue weighted by Crippen LogP contribution is 2.25. The molecule has 0 saturated carbocycles. The Bertz CT molecular complexity index is 404. The molecule has 0 radical (unpaired) electrons. The minimum Gasteiger partial charge on any atom is -0.371 e. The van der Waals surface area contributed by atoms with Crippen LogP contribution in [0.5, 0.6) is 0 Å². The van der Waals surface area contributed by atoms with Crippen molar-refractivity contribution in [2.75, 3.05) is 18.0 Å². The van der Waals surface area contributed by atoms with Gasteiger partial charge in [0.15, 0.2) is 0 Å². The Labute approximate surface area is 124 Å². The summed E-state index contributed by atoms with van der Waals surface area (Å²) >= 11 is 0. The second kappa shape index (κ2) is 7.68. The summed E-state index contributed by atoms with van der Waals surface area (Å²) in [4.78, 5) is 2.61. The molecule has 1 aliphatic heterocycles. The van der Waals surface area contributed by atoms with Gasteiger partial charge in [0.25, 0.3) is 0 Å². The van der Waals surface area contributed by atoms with Gasteiger partial charge in [-0.1, -0.05) is 50.8 Å². The fraction of sp³-hybridized carbons (Fsp3) is 0.667. The van der Waals surface area contributed by atoms with Crippen LogP contribution in [-0.4, -0.2) is 19.1 Å². The van der Waals surface area contributed by atoms with Gasteiger partial charge in [0.1, 0.15) is 0 Å². The van der Waals surface area contributed by atoms with Gasteiger partial charge in [0.05, 0.1) is 0 Å². The molecule has 0 bridgehead atoms. The zero-order valence-electron chi connectivity index (χ0n) is 13.4. The summed E-state index contributed by atoms with van der Waals surface area (Å²) in [7, 11) is 0. The summed E-state index contributed by atoms with van der Waals surface area (Å²) in [6.45, 7) is 10.0. The normalized spacial score (nSPS) is 17.1. The van der Waals surface area contributed by atoms with E-state index >= 15 is 0 Å². The smallest absolute Gasteiger partial charge is 0.0412 e. The summed E-state index contributed by atoms with van der Waals surface area (Å²) < 4.78 is 0. The molecule has 0 atom stereocenters. The molecule has 2 heteroatoms. The molecular weight excluding hydrogens is 244 g/mol. The molecule has 1 saturated heterocycles. The summed E-state index contributed by atoms with van der Waals surface area (Å²) in [6, 6.07) is 7.47. The van der Waals surface area contributed by atoms with Gasteiger partial charge in [-0.2, -0.15) is 0 Å². The molecule has 1 aliphatic rings. The molecule has 2 nitrogen and oxygen atoms in total. The van der Waals surface area contributed by atoms with Crippen LogP contribution in [0.4, 0.5) is 5.69 Å². The second-order valence-corrected chi connectivity index (χ2v) is 6.42. The SMILES string of the molecule is Cc1ccc(N2CCCCCCC2)c(CNC(C)C)c1. The Morgan fingerprint density at radius 2 is 1.70 bits per heavy atom. The van der Waals surface area contributed by atoms with Crippen molar-refractivity contribution in [2.24, 2.45) is 0 Å². The topological polar surface area (TPSA) is 15.3 Å². The van der Waals surface area contributed by atoms with Crippen LogP contribution in [0.3, 0.4) is 0 Å². The Morgan fingerprint density at radius 1 is 1.05 bits per heavy atom. The van der Waals surface area contributed by atoms with Crippen molar-refractivity contribution < 1.29 is 0 Å². The molecule has 1 aromatic carbocycles. The number of rotatable bonds is 4. The van der Waals surface area contributed by atoms with Crippen LogP contribution in [0.2, 0.25) is 0 Å². The van der Waals surface area contributed by atoms with Gasteiger partial charge in [-0.25, -0.2) is 0 Å². The van der Waals surface area contributed by atoms with E-state index in [1.54, 1.807) is 0 Å². The third-order valence-electron chi connectivity index (χ3n) is 4.13. The summed E-state index contributed by atoms with van der Waals surface area (Å²) in [5, 5.41) is 3.57. The van der Waals surface area contributed by atoms with Gasteiger partial charge in [0, 0.05) is 31.4 Å². The van der Waals surface area contributed by atoms with Gasteiger partial charge >= 0.3 is 0 Å². The number of nitrogens with zero attached hydrogens (tertiary/aromatic N) is 1. The Balaban J connectivity index is 2.15. The molecule has 0 unspecified atom stereocenters. The van der Waals surface area contributed by atoms with Crippen molar-refractivity contribution in [2.45, 2.75) is 65.5 Å². The van der Waals surface area contributed by atoms with Crippen LogP contribution in [0.25, 0.3) is 0 Å². The highest BCUT2D eigenvalue weighted by molar-refractivity contribution is 5.55.